The summed E-state index contributed by atoms with van der Waals surface area (Å²) < 4.78 is 5.21. The molecule has 1 saturated heterocycles. The Hall–Kier alpha value is -3.68. The molecule has 2 aromatic rings. The summed E-state index contributed by atoms with van der Waals surface area (Å²) in [6, 6.07) is 14.0. The van der Waals surface area contributed by atoms with Gasteiger partial charge in [-0.2, -0.15) is 0 Å². The Morgan fingerprint density at radius 2 is 1.74 bits per heavy atom. The minimum atomic E-state index is -0.684. The maximum atomic E-state index is 12.6. The van der Waals surface area contributed by atoms with E-state index in [4.69, 9.17) is 4.74 Å². The van der Waals surface area contributed by atoms with Gasteiger partial charge >= 0.3 is 12.0 Å². The molecular weight excluding hydrogens is 398 g/mol. The summed E-state index contributed by atoms with van der Waals surface area (Å²) in [6.45, 7) is 1.98. The molecule has 31 heavy (non-hydrogen) atoms. The topological polar surface area (TPSA) is 96.0 Å². The van der Waals surface area contributed by atoms with E-state index >= 15 is 0 Å². The first-order valence-corrected chi connectivity index (χ1v) is 10.0. The number of likely N-dealkylation sites (N-methyl/N-ethyl adjacent to an activating group) is 1. The highest BCUT2D eigenvalue weighted by Gasteiger charge is 2.29. The molecule has 1 N–H and O–H groups in total. The van der Waals surface area contributed by atoms with E-state index in [1.165, 1.54) is 10.5 Å². The van der Waals surface area contributed by atoms with E-state index in [0.29, 0.717) is 12.1 Å². The van der Waals surface area contributed by atoms with Gasteiger partial charge in [-0.3, -0.25) is 14.5 Å². The van der Waals surface area contributed by atoms with Gasteiger partial charge in [0.25, 0.3) is 5.91 Å². The lowest BCUT2D eigenvalue weighted by molar-refractivity contribution is -0.133. The van der Waals surface area contributed by atoms with E-state index in [2.05, 4.69) is 12.2 Å². The number of nitrogens with one attached hydrogen (secondary N) is 1. The van der Waals surface area contributed by atoms with Crippen molar-refractivity contribution in [2.24, 2.45) is 0 Å². The quantitative estimate of drug-likeness (QED) is 0.518. The number of aryl methyl sites for hydroxylation is 1. The van der Waals surface area contributed by atoms with Crippen LogP contribution in [-0.4, -0.2) is 53.8 Å². The molecular formula is C23H25N3O5. The number of hydrogen-bond acceptors (Lipinski definition) is 5. The minimum Gasteiger partial charge on any atom is -0.452 e. The van der Waals surface area contributed by atoms with Crippen molar-refractivity contribution in [1.82, 2.24) is 15.1 Å². The summed E-state index contributed by atoms with van der Waals surface area (Å²) in [6.07, 6.45) is 0.947. The van der Waals surface area contributed by atoms with Crippen LogP contribution in [0, 0.1) is 0 Å². The normalized spacial score (nSPS) is 13.2. The third-order valence-electron chi connectivity index (χ3n) is 5.11. The van der Waals surface area contributed by atoms with E-state index in [-0.39, 0.29) is 30.5 Å². The van der Waals surface area contributed by atoms with Crippen molar-refractivity contribution in [3.05, 3.63) is 70.8 Å². The maximum Gasteiger partial charge on any atom is 0.338 e. The van der Waals surface area contributed by atoms with Crippen LogP contribution in [0.1, 0.15) is 34.0 Å². The highest BCUT2D eigenvalue weighted by atomic mass is 16.5. The second kappa shape index (κ2) is 9.88. The lowest BCUT2D eigenvalue weighted by Crippen LogP contribution is -2.32. The minimum absolute atomic E-state index is 0.0441. The van der Waals surface area contributed by atoms with Crippen molar-refractivity contribution in [2.75, 3.05) is 20.2 Å². The number of rotatable bonds is 8. The third kappa shape index (κ3) is 5.48. The molecule has 8 nitrogen and oxygen atoms in total. The Morgan fingerprint density at radius 3 is 2.39 bits per heavy atom. The fourth-order valence-corrected chi connectivity index (χ4v) is 3.20. The number of hydrogen-bond donors (Lipinski definition) is 1. The average Bonchev–Trinajstić information content (AvgIpc) is 3.10. The van der Waals surface area contributed by atoms with Gasteiger partial charge in [0.2, 0.25) is 5.91 Å². The number of nitrogens with zero attached hydrogens (tertiary/aromatic N) is 2. The summed E-state index contributed by atoms with van der Waals surface area (Å²) in [5.74, 6) is -1.38. The maximum absolute atomic E-state index is 12.6. The number of urea groups is 1. The predicted octanol–water partition coefficient (Wildman–Crippen LogP) is 2.12. The second-order valence-corrected chi connectivity index (χ2v) is 7.29. The molecule has 0 radical (unpaired) electrons. The molecule has 0 bridgehead atoms. The third-order valence-corrected chi connectivity index (χ3v) is 5.11. The van der Waals surface area contributed by atoms with Crippen molar-refractivity contribution >= 4 is 23.8 Å². The Bertz CT molecular complexity index is 971. The highest BCUT2D eigenvalue weighted by Crippen LogP contribution is 2.15. The summed E-state index contributed by atoms with van der Waals surface area (Å²) in [7, 11) is 1.65. The lowest BCUT2D eigenvalue weighted by atomic mass is 10.1. The highest BCUT2D eigenvalue weighted by molar-refractivity contribution is 6.02. The van der Waals surface area contributed by atoms with Crippen LogP contribution in [0.25, 0.3) is 0 Å². The molecule has 8 heteroatoms. The second-order valence-electron chi connectivity index (χ2n) is 7.29. The summed E-state index contributed by atoms with van der Waals surface area (Å²) in [5, 5.41) is 2.44. The molecule has 2 aromatic carbocycles. The van der Waals surface area contributed by atoms with Crippen molar-refractivity contribution in [3.63, 3.8) is 0 Å². The zero-order chi connectivity index (χ0) is 22.4. The Kier molecular flexibility index (Phi) is 7.02. The van der Waals surface area contributed by atoms with Crippen LogP contribution >= 0.6 is 0 Å². The number of imide groups is 1. The fourth-order valence-electron chi connectivity index (χ4n) is 3.20. The first-order chi connectivity index (χ1) is 14.9. The van der Waals surface area contributed by atoms with Gasteiger partial charge in [0.05, 0.1) is 18.7 Å². The zero-order valence-electron chi connectivity index (χ0n) is 17.6. The van der Waals surface area contributed by atoms with Crippen LogP contribution in [0.5, 0.6) is 0 Å². The van der Waals surface area contributed by atoms with E-state index in [9.17, 15) is 19.2 Å². The van der Waals surface area contributed by atoms with Crippen molar-refractivity contribution < 1.29 is 23.9 Å². The first-order valence-electron chi connectivity index (χ1n) is 10.0. The number of ether oxygens (including phenoxy) is 1. The van der Waals surface area contributed by atoms with Crippen LogP contribution in [0.15, 0.2) is 48.5 Å². The van der Waals surface area contributed by atoms with E-state index in [1.807, 2.05) is 24.3 Å². The van der Waals surface area contributed by atoms with Crippen molar-refractivity contribution in [3.8, 4) is 0 Å². The predicted molar refractivity (Wildman–Crippen MR) is 113 cm³/mol. The Labute approximate surface area is 180 Å². The summed E-state index contributed by atoms with van der Waals surface area (Å²) in [4.78, 5) is 51.1. The summed E-state index contributed by atoms with van der Waals surface area (Å²) in [5.41, 5.74) is 2.88. The number of esters is 1. The number of carbonyl (C=O) groups excluding carboxylic acids is 4. The number of benzene rings is 2. The van der Waals surface area contributed by atoms with Gasteiger partial charge in [-0.05, 0) is 29.2 Å². The van der Waals surface area contributed by atoms with Gasteiger partial charge in [-0.15, -0.1) is 0 Å². The Balaban J connectivity index is 1.58. The van der Waals surface area contributed by atoms with Crippen LogP contribution in [0.4, 0.5) is 4.79 Å². The van der Waals surface area contributed by atoms with Crippen LogP contribution < -0.4 is 5.32 Å². The SMILES string of the molecule is CCc1ccc(CN(C)C(=O)COC(=O)c2ccccc2CN2C(=O)CNC2=O)cc1. The molecule has 1 heterocycles. The average molecular weight is 423 g/mol. The molecule has 4 amide bonds. The van der Waals surface area contributed by atoms with E-state index < -0.39 is 18.6 Å². The molecule has 0 atom stereocenters. The molecule has 1 aliphatic heterocycles. The molecule has 0 saturated carbocycles. The molecule has 0 aromatic heterocycles. The molecule has 162 valence electrons. The van der Waals surface area contributed by atoms with Gasteiger partial charge < -0.3 is 15.0 Å². The first kappa shape index (κ1) is 22.0. The monoisotopic (exact) mass is 423 g/mol. The van der Waals surface area contributed by atoms with Gasteiger partial charge in [0.1, 0.15) is 0 Å². The molecule has 0 unspecified atom stereocenters. The zero-order valence-corrected chi connectivity index (χ0v) is 17.6. The van der Waals surface area contributed by atoms with Crippen LogP contribution in [-0.2, 0) is 33.8 Å². The van der Waals surface area contributed by atoms with Crippen LogP contribution in [0.2, 0.25) is 0 Å². The molecule has 0 spiro atoms. The molecule has 3 rings (SSSR count). The largest absolute Gasteiger partial charge is 0.452 e. The molecule has 1 aliphatic rings. The standard InChI is InChI=1S/C23H25N3O5/c1-3-16-8-10-17(11-9-16)13-25(2)21(28)15-31-22(29)19-7-5-4-6-18(19)14-26-20(27)12-24-23(26)30/h4-11H,3,12-15H2,1-2H3,(H,24,30). The van der Waals surface area contributed by atoms with Crippen molar-refractivity contribution in [2.45, 2.75) is 26.4 Å². The smallest absolute Gasteiger partial charge is 0.338 e. The lowest BCUT2D eigenvalue weighted by Gasteiger charge is -2.18. The summed E-state index contributed by atoms with van der Waals surface area (Å²) >= 11 is 0. The molecule has 1 fully saturated rings. The van der Waals surface area contributed by atoms with Gasteiger partial charge in [0.15, 0.2) is 6.61 Å². The van der Waals surface area contributed by atoms with E-state index in [0.717, 1.165) is 16.9 Å². The number of amides is 4. The van der Waals surface area contributed by atoms with Gasteiger partial charge in [-0.25, -0.2) is 9.59 Å². The molecule has 0 aliphatic carbocycles. The van der Waals surface area contributed by atoms with Gasteiger partial charge in [0, 0.05) is 13.6 Å². The van der Waals surface area contributed by atoms with E-state index in [1.54, 1.807) is 31.3 Å². The van der Waals surface area contributed by atoms with Crippen molar-refractivity contribution in [1.29, 1.82) is 0 Å². The van der Waals surface area contributed by atoms with Gasteiger partial charge in [-0.1, -0.05) is 49.4 Å². The Morgan fingerprint density at radius 1 is 1.06 bits per heavy atom. The number of carbonyl (C=O) groups is 4. The fraction of sp³-hybridized carbons (Fsp3) is 0.304. The van der Waals surface area contributed by atoms with Crippen LogP contribution in [0.3, 0.4) is 0 Å².